The molecule has 1 unspecified atom stereocenters. The minimum atomic E-state index is -0.141. The number of hydrogen-bond acceptors (Lipinski definition) is 3. The molecule has 5 nitrogen and oxygen atoms in total. The summed E-state index contributed by atoms with van der Waals surface area (Å²) in [5, 5.41) is 15.2. The van der Waals surface area contributed by atoms with Crippen molar-refractivity contribution in [2.45, 2.75) is 52.3 Å². The molecule has 1 aliphatic heterocycles. The molecule has 1 atom stereocenters. The Bertz CT molecular complexity index is 519. The minimum absolute atomic E-state index is 0.00823. The number of urea groups is 1. The van der Waals surface area contributed by atoms with Crippen molar-refractivity contribution in [3.8, 4) is 0 Å². The number of piperidine rings is 1. The number of aliphatic hydroxyl groups is 1. The second kappa shape index (κ2) is 9.64. The van der Waals surface area contributed by atoms with Crippen LogP contribution in [0.25, 0.3) is 0 Å². The lowest BCUT2D eigenvalue weighted by Crippen LogP contribution is -2.49. The van der Waals surface area contributed by atoms with Crippen molar-refractivity contribution in [3.63, 3.8) is 0 Å². The van der Waals surface area contributed by atoms with Crippen LogP contribution in [0.5, 0.6) is 0 Å². The Labute approximate surface area is 145 Å². The topological polar surface area (TPSA) is 64.6 Å². The molecule has 0 aliphatic carbocycles. The van der Waals surface area contributed by atoms with E-state index in [1.165, 1.54) is 12.8 Å². The first kappa shape index (κ1) is 18.7. The van der Waals surface area contributed by atoms with Crippen LogP contribution in [0.3, 0.4) is 0 Å². The zero-order valence-electron chi connectivity index (χ0n) is 14.9. The summed E-state index contributed by atoms with van der Waals surface area (Å²) in [5.74, 6) is 0.648. The lowest BCUT2D eigenvalue weighted by atomic mass is 10.0. The molecule has 2 rings (SSSR count). The first-order valence-electron chi connectivity index (χ1n) is 9.03. The number of nitrogens with zero attached hydrogens (tertiary/aromatic N) is 1. The SMILES string of the molecule is CC(C)CN1CCCCC1CNC(=O)NCc1ccccc1CO. The molecule has 3 N–H and O–H groups in total. The number of rotatable bonds is 7. The van der Waals surface area contributed by atoms with Gasteiger partial charge in [-0.3, -0.25) is 4.90 Å². The molecule has 0 radical (unpaired) electrons. The Morgan fingerprint density at radius 3 is 2.71 bits per heavy atom. The first-order chi connectivity index (χ1) is 11.6. The average molecular weight is 333 g/mol. The van der Waals surface area contributed by atoms with E-state index in [0.717, 1.165) is 30.6 Å². The molecule has 0 bridgehead atoms. The van der Waals surface area contributed by atoms with E-state index in [4.69, 9.17) is 0 Å². The Hall–Kier alpha value is -1.59. The van der Waals surface area contributed by atoms with Crippen molar-refractivity contribution in [3.05, 3.63) is 35.4 Å². The maximum Gasteiger partial charge on any atom is 0.315 e. The van der Waals surface area contributed by atoms with Gasteiger partial charge in [0.1, 0.15) is 0 Å². The van der Waals surface area contributed by atoms with Crippen molar-refractivity contribution in [1.29, 1.82) is 0 Å². The quantitative estimate of drug-likeness (QED) is 0.718. The number of benzene rings is 1. The fourth-order valence-corrected chi connectivity index (χ4v) is 3.33. The zero-order valence-corrected chi connectivity index (χ0v) is 14.9. The van der Waals surface area contributed by atoms with E-state index in [0.29, 0.717) is 25.0 Å². The summed E-state index contributed by atoms with van der Waals surface area (Å²) in [6.07, 6.45) is 3.65. The van der Waals surface area contributed by atoms with Gasteiger partial charge in [0.05, 0.1) is 6.61 Å². The normalized spacial score (nSPS) is 18.6. The van der Waals surface area contributed by atoms with Gasteiger partial charge in [0.15, 0.2) is 0 Å². The molecular weight excluding hydrogens is 302 g/mol. The van der Waals surface area contributed by atoms with Crippen LogP contribution in [0, 0.1) is 5.92 Å². The summed E-state index contributed by atoms with van der Waals surface area (Å²) < 4.78 is 0. The summed E-state index contributed by atoms with van der Waals surface area (Å²) in [6.45, 7) is 7.83. The fourth-order valence-electron chi connectivity index (χ4n) is 3.33. The summed E-state index contributed by atoms with van der Waals surface area (Å²) in [4.78, 5) is 14.6. The second-order valence-corrected chi connectivity index (χ2v) is 7.03. The number of likely N-dealkylation sites (tertiary alicyclic amines) is 1. The fraction of sp³-hybridized carbons (Fsp3) is 0.632. The van der Waals surface area contributed by atoms with Crippen molar-refractivity contribution in [2.75, 3.05) is 19.6 Å². The number of carbonyl (C=O) groups excluding carboxylic acids is 1. The number of nitrogens with one attached hydrogen (secondary N) is 2. The van der Waals surface area contributed by atoms with Crippen LogP contribution in [0.1, 0.15) is 44.2 Å². The molecule has 24 heavy (non-hydrogen) atoms. The molecule has 1 saturated heterocycles. The maximum absolute atomic E-state index is 12.1. The van der Waals surface area contributed by atoms with Gasteiger partial charge in [0.25, 0.3) is 0 Å². The molecule has 5 heteroatoms. The smallest absolute Gasteiger partial charge is 0.315 e. The summed E-state index contributed by atoms with van der Waals surface area (Å²) in [7, 11) is 0. The predicted molar refractivity (Wildman–Crippen MR) is 96.7 cm³/mol. The molecule has 0 aromatic heterocycles. The molecule has 1 aliphatic rings. The van der Waals surface area contributed by atoms with Crippen LogP contribution >= 0.6 is 0 Å². The van der Waals surface area contributed by atoms with E-state index in [1.807, 2.05) is 24.3 Å². The highest BCUT2D eigenvalue weighted by Crippen LogP contribution is 2.17. The summed E-state index contributed by atoms with van der Waals surface area (Å²) in [6, 6.07) is 7.91. The maximum atomic E-state index is 12.1. The van der Waals surface area contributed by atoms with Gasteiger partial charge in [-0.2, -0.15) is 0 Å². The monoisotopic (exact) mass is 333 g/mol. The number of hydrogen-bond donors (Lipinski definition) is 3. The molecule has 2 amide bonds. The van der Waals surface area contributed by atoms with Crippen LogP contribution in [0.2, 0.25) is 0 Å². The van der Waals surface area contributed by atoms with Crippen molar-refractivity contribution < 1.29 is 9.90 Å². The first-order valence-corrected chi connectivity index (χ1v) is 9.03. The van der Waals surface area contributed by atoms with Gasteiger partial charge < -0.3 is 15.7 Å². The molecule has 134 valence electrons. The highest BCUT2D eigenvalue weighted by atomic mass is 16.3. The van der Waals surface area contributed by atoms with Crippen LogP contribution in [0.4, 0.5) is 4.79 Å². The number of carbonyl (C=O) groups is 1. The highest BCUT2D eigenvalue weighted by molar-refractivity contribution is 5.73. The minimum Gasteiger partial charge on any atom is -0.392 e. The summed E-state index contributed by atoms with van der Waals surface area (Å²) in [5.41, 5.74) is 1.81. The Balaban J connectivity index is 1.77. The number of amides is 2. The van der Waals surface area contributed by atoms with Gasteiger partial charge in [0.2, 0.25) is 0 Å². The lowest BCUT2D eigenvalue weighted by molar-refractivity contribution is 0.130. The van der Waals surface area contributed by atoms with E-state index in [1.54, 1.807) is 0 Å². The molecule has 0 saturated carbocycles. The largest absolute Gasteiger partial charge is 0.392 e. The standard InChI is InChI=1S/C19H31N3O2/c1-15(2)13-22-10-6-5-9-18(22)12-21-19(24)20-11-16-7-3-4-8-17(16)14-23/h3-4,7-8,15,18,23H,5-6,9-14H2,1-2H3,(H2,20,21,24). The van der Waals surface area contributed by atoms with Gasteiger partial charge in [-0.05, 0) is 36.4 Å². The van der Waals surface area contributed by atoms with E-state index in [9.17, 15) is 9.90 Å². The van der Waals surface area contributed by atoms with Gasteiger partial charge >= 0.3 is 6.03 Å². The Kier molecular flexibility index (Phi) is 7.53. The second-order valence-electron chi connectivity index (χ2n) is 7.03. The van der Waals surface area contributed by atoms with E-state index < -0.39 is 0 Å². The summed E-state index contributed by atoms with van der Waals surface area (Å²) >= 11 is 0. The molecule has 1 aromatic rings. The third kappa shape index (κ3) is 5.80. The molecule has 1 aromatic carbocycles. The molecule has 1 heterocycles. The van der Waals surface area contributed by atoms with Crippen LogP contribution < -0.4 is 10.6 Å². The van der Waals surface area contributed by atoms with Crippen LogP contribution in [-0.2, 0) is 13.2 Å². The third-order valence-electron chi connectivity index (χ3n) is 4.58. The van der Waals surface area contributed by atoms with Gasteiger partial charge in [-0.25, -0.2) is 4.79 Å². The van der Waals surface area contributed by atoms with Crippen molar-refractivity contribution in [2.24, 2.45) is 5.92 Å². The van der Waals surface area contributed by atoms with Crippen LogP contribution in [-0.4, -0.2) is 41.7 Å². The van der Waals surface area contributed by atoms with Gasteiger partial charge in [-0.15, -0.1) is 0 Å². The zero-order chi connectivity index (χ0) is 17.4. The Morgan fingerprint density at radius 2 is 2.00 bits per heavy atom. The lowest BCUT2D eigenvalue weighted by Gasteiger charge is -2.36. The molecular formula is C19H31N3O2. The third-order valence-corrected chi connectivity index (χ3v) is 4.58. The van der Waals surface area contributed by atoms with Gasteiger partial charge in [-0.1, -0.05) is 44.5 Å². The average Bonchev–Trinajstić information content (AvgIpc) is 2.59. The van der Waals surface area contributed by atoms with E-state index in [-0.39, 0.29) is 12.6 Å². The Morgan fingerprint density at radius 1 is 1.25 bits per heavy atom. The number of aliphatic hydroxyl groups excluding tert-OH is 1. The van der Waals surface area contributed by atoms with E-state index >= 15 is 0 Å². The van der Waals surface area contributed by atoms with Crippen LogP contribution in [0.15, 0.2) is 24.3 Å². The molecule has 1 fully saturated rings. The predicted octanol–water partition coefficient (Wildman–Crippen LogP) is 2.49. The molecule has 0 spiro atoms. The van der Waals surface area contributed by atoms with E-state index in [2.05, 4.69) is 29.4 Å². The van der Waals surface area contributed by atoms with Gasteiger partial charge in [0, 0.05) is 25.7 Å². The highest BCUT2D eigenvalue weighted by Gasteiger charge is 2.23. The van der Waals surface area contributed by atoms with Crippen molar-refractivity contribution >= 4 is 6.03 Å². The van der Waals surface area contributed by atoms with Crippen molar-refractivity contribution in [1.82, 2.24) is 15.5 Å².